The van der Waals surface area contributed by atoms with Crippen LogP contribution in [0.4, 0.5) is 0 Å². The number of phenols is 1. The first-order valence-electron chi connectivity index (χ1n) is 7.75. The molecule has 3 N–H and O–H groups in total. The van der Waals surface area contributed by atoms with E-state index in [-0.39, 0.29) is 12.3 Å². The van der Waals surface area contributed by atoms with Crippen molar-refractivity contribution in [3.63, 3.8) is 0 Å². The number of quaternary nitrogens is 1. The van der Waals surface area contributed by atoms with E-state index >= 15 is 0 Å². The summed E-state index contributed by atoms with van der Waals surface area (Å²) in [6, 6.07) is 3.99. The smallest absolute Gasteiger partial charge is 0.336 e. The van der Waals surface area contributed by atoms with Crippen LogP contribution in [-0.2, 0) is 17.8 Å². The molecule has 23 heavy (non-hydrogen) atoms. The second kappa shape index (κ2) is 7.28. The predicted octanol–water partition coefficient (Wildman–Crippen LogP) is 0.0430. The number of hydrogen-bond acceptors (Lipinski definition) is 5. The van der Waals surface area contributed by atoms with E-state index in [0.717, 1.165) is 30.2 Å². The third-order valence-corrected chi connectivity index (χ3v) is 3.92. The Hall–Kier alpha value is -2.34. The largest absolute Gasteiger partial charge is 0.544 e. The third kappa shape index (κ3) is 3.90. The molecular weight excluding hydrogens is 298 g/mol. The summed E-state index contributed by atoms with van der Waals surface area (Å²) in [6.45, 7) is 3.75. The Labute approximate surface area is 133 Å². The maximum Gasteiger partial charge on any atom is 0.336 e. The molecule has 0 bridgehead atoms. The summed E-state index contributed by atoms with van der Waals surface area (Å²) in [6.07, 6.45) is 2.70. The molecule has 6 heteroatoms. The standard InChI is InChI=1S/C17H21NO5/c1-3-4-5-11-8-15(20)23-16-12(11)6-7-14(19)13(16)9-18-10(2)17(21)22/h6-8,10,18-19H,3-5,9H2,1-2H3,(H,21,22). The highest BCUT2D eigenvalue weighted by Crippen LogP contribution is 2.28. The van der Waals surface area contributed by atoms with Gasteiger partial charge in [0.1, 0.15) is 18.3 Å². The van der Waals surface area contributed by atoms with Gasteiger partial charge in [0.2, 0.25) is 0 Å². The molecule has 1 aromatic heterocycles. The molecule has 0 amide bonds. The maximum absolute atomic E-state index is 11.8. The Balaban J connectivity index is 2.47. The van der Waals surface area contributed by atoms with E-state index in [9.17, 15) is 19.8 Å². The molecule has 0 aliphatic carbocycles. The van der Waals surface area contributed by atoms with Crippen LogP contribution in [0, 0.1) is 0 Å². The molecule has 0 fully saturated rings. The van der Waals surface area contributed by atoms with Gasteiger partial charge in [0, 0.05) is 11.5 Å². The quantitative estimate of drug-likeness (QED) is 0.701. The van der Waals surface area contributed by atoms with Crippen molar-refractivity contribution >= 4 is 16.9 Å². The molecular formula is C17H21NO5. The molecule has 0 aliphatic heterocycles. The highest BCUT2D eigenvalue weighted by Gasteiger charge is 2.16. The van der Waals surface area contributed by atoms with Crippen LogP contribution in [0.3, 0.4) is 0 Å². The fourth-order valence-corrected chi connectivity index (χ4v) is 2.50. The molecule has 0 saturated carbocycles. The fourth-order valence-electron chi connectivity index (χ4n) is 2.50. The molecule has 2 aromatic rings. The number of aliphatic carboxylic acids is 1. The summed E-state index contributed by atoms with van der Waals surface area (Å²) < 4.78 is 5.29. The molecule has 0 saturated heterocycles. The minimum Gasteiger partial charge on any atom is -0.544 e. The number of phenolic OH excluding ortho intramolecular Hbond substituents is 1. The second-order valence-corrected chi connectivity index (χ2v) is 5.68. The summed E-state index contributed by atoms with van der Waals surface area (Å²) in [5.41, 5.74) is 1.16. The highest BCUT2D eigenvalue weighted by atomic mass is 16.4. The van der Waals surface area contributed by atoms with Crippen LogP contribution in [0.5, 0.6) is 5.75 Å². The number of carbonyl (C=O) groups excluding carboxylic acids is 1. The van der Waals surface area contributed by atoms with E-state index in [1.807, 2.05) is 0 Å². The number of fused-ring (bicyclic) bond motifs is 1. The van der Waals surface area contributed by atoms with Crippen molar-refractivity contribution in [2.75, 3.05) is 0 Å². The number of hydrogen-bond donors (Lipinski definition) is 2. The van der Waals surface area contributed by atoms with Crippen LogP contribution in [0.2, 0.25) is 0 Å². The van der Waals surface area contributed by atoms with Gasteiger partial charge in [-0.3, -0.25) is 0 Å². The van der Waals surface area contributed by atoms with E-state index in [1.165, 1.54) is 18.3 Å². The van der Waals surface area contributed by atoms with Crippen LogP contribution >= 0.6 is 0 Å². The van der Waals surface area contributed by atoms with Crippen molar-refractivity contribution in [1.29, 1.82) is 0 Å². The van der Waals surface area contributed by atoms with E-state index in [2.05, 4.69) is 6.92 Å². The molecule has 1 unspecified atom stereocenters. The normalized spacial score (nSPS) is 12.4. The minimum atomic E-state index is -1.19. The molecule has 1 heterocycles. The Morgan fingerprint density at radius 1 is 1.43 bits per heavy atom. The average Bonchev–Trinajstić information content (AvgIpc) is 2.51. The van der Waals surface area contributed by atoms with E-state index in [1.54, 1.807) is 12.1 Å². The fraction of sp³-hybridized carbons (Fsp3) is 0.412. The summed E-state index contributed by atoms with van der Waals surface area (Å²) in [4.78, 5) is 22.6. The van der Waals surface area contributed by atoms with Crippen molar-refractivity contribution < 1.29 is 24.7 Å². The lowest BCUT2D eigenvalue weighted by Gasteiger charge is -2.13. The molecule has 1 aromatic carbocycles. The minimum absolute atomic E-state index is 0.0184. The van der Waals surface area contributed by atoms with Gasteiger partial charge in [-0.25, -0.2) is 4.79 Å². The molecule has 1 atom stereocenters. The molecule has 6 nitrogen and oxygen atoms in total. The van der Waals surface area contributed by atoms with Crippen LogP contribution < -0.4 is 16.0 Å². The number of benzene rings is 1. The number of carboxylic acid groups (broad SMARTS) is 1. The predicted molar refractivity (Wildman–Crippen MR) is 82.9 cm³/mol. The lowest BCUT2D eigenvalue weighted by atomic mass is 10.0. The van der Waals surface area contributed by atoms with Crippen molar-refractivity contribution in [1.82, 2.24) is 0 Å². The van der Waals surface area contributed by atoms with Crippen LogP contribution in [0.15, 0.2) is 27.4 Å². The lowest BCUT2D eigenvalue weighted by molar-refractivity contribution is -0.695. The zero-order valence-corrected chi connectivity index (χ0v) is 13.3. The molecule has 0 radical (unpaired) electrons. The van der Waals surface area contributed by atoms with Gasteiger partial charge in [-0.05, 0) is 37.5 Å². The summed E-state index contributed by atoms with van der Waals surface area (Å²) >= 11 is 0. The number of unbranched alkanes of at least 4 members (excludes halogenated alkanes) is 1. The zero-order valence-electron chi connectivity index (χ0n) is 13.3. The molecule has 124 valence electrons. The van der Waals surface area contributed by atoms with Gasteiger partial charge >= 0.3 is 5.63 Å². The molecule has 0 spiro atoms. The van der Waals surface area contributed by atoms with Crippen molar-refractivity contribution in [3.05, 3.63) is 39.7 Å². The van der Waals surface area contributed by atoms with Gasteiger partial charge in [-0.1, -0.05) is 13.3 Å². The number of aryl methyl sites for hydroxylation is 1. The van der Waals surface area contributed by atoms with Crippen LogP contribution in [-0.4, -0.2) is 17.1 Å². The monoisotopic (exact) mass is 319 g/mol. The first-order valence-corrected chi connectivity index (χ1v) is 7.75. The molecule has 2 rings (SSSR count). The Bertz CT molecular complexity index is 765. The second-order valence-electron chi connectivity index (χ2n) is 5.68. The van der Waals surface area contributed by atoms with Crippen molar-refractivity contribution in [2.24, 2.45) is 0 Å². The molecule has 0 aliphatic rings. The highest BCUT2D eigenvalue weighted by molar-refractivity contribution is 5.85. The number of carbonyl (C=O) groups is 1. The topological polar surface area (TPSA) is 107 Å². The van der Waals surface area contributed by atoms with Gasteiger partial charge in [-0.15, -0.1) is 0 Å². The SMILES string of the molecule is CCCCc1cc(=O)oc2c(C[NH2+]C(C)C(=O)[O-])c(O)ccc12. The first kappa shape index (κ1) is 17.0. The van der Waals surface area contributed by atoms with Gasteiger partial charge in [0.05, 0.1) is 11.5 Å². The van der Waals surface area contributed by atoms with Crippen LogP contribution in [0.25, 0.3) is 11.0 Å². The van der Waals surface area contributed by atoms with Crippen molar-refractivity contribution in [3.8, 4) is 5.75 Å². The van der Waals surface area contributed by atoms with Gasteiger partial charge < -0.3 is 24.7 Å². The van der Waals surface area contributed by atoms with E-state index in [4.69, 9.17) is 4.42 Å². The summed E-state index contributed by atoms with van der Waals surface area (Å²) in [7, 11) is 0. The van der Waals surface area contributed by atoms with Crippen LogP contribution in [0.1, 0.15) is 37.8 Å². The maximum atomic E-state index is 11.8. The first-order chi connectivity index (χ1) is 10.9. The third-order valence-electron chi connectivity index (χ3n) is 3.92. The van der Waals surface area contributed by atoms with E-state index in [0.29, 0.717) is 11.1 Å². The van der Waals surface area contributed by atoms with E-state index < -0.39 is 17.6 Å². The average molecular weight is 319 g/mol. The van der Waals surface area contributed by atoms with Gasteiger partial charge in [-0.2, -0.15) is 0 Å². The van der Waals surface area contributed by atoms with Gasteiger partial charge in [0.15, 0.2) is 5.58 Å². The Morgan fingerprint density at radius 3 is 2.83 bits per heavy atom. The number of rotatable bonds is 7. The number of aromatic hydroxyl groups is 1. The lowest BCUT2D eigenvalue weighted by Crippen LogP contribution is -2.90. The Kier molecular flexibility index (Phi) is 5.39. The summed E-state index contributed by atoms with van der Waals surface area (Å²) in [5, 5.41) is 23.2. The van der Waals surface area contributed by atoms with Gasteiger partial charge in [0.25, 0.3) is 0 Å². The van der Waals surface area contributed by atoms with Crippen molar-refractivity contribution in [2.45, 2.75) is 45.7 Å². The number of nitrogens with two attached hydrogens (primary N) is 1. The zero-order chi connectivity index (χ0) is 17.0. The number of carboxylic acids is 1. The Morgan fingerprint density at radius 2 is 2.17 bits per heavy atom. The summed E-state index contributed by atoms with van der Waals surface area (Å²) in [5.74, 6) is -1.20.